The van der Waals surface area contributed by atoms with Crippen molar-refractivity contribution in [3.8, 4) is 0 Å². The summed E-state index contributed by atoms with van der Waals surface area (Å²) in [6, 6.07) is 0. The number of rotatable bonds is 5. The van der Waals surface area contributed by atoms with Crippen molar-refractivity contribution in [3.05, 3.63) is 17.5 Å². The summed E-state index contributed by atoms with van der Waals surface area (Å²) in [5, 5.41) is 8.17. The Bertz CT molecular complexity index is 442. The molecule has 128 valence electrons. The molecule has 0 aromatic carbocycles. The van der Waals surface area contributed by atoms with Crippen molar-refractivity contribution in [1.29, 1.82) is 0 Å². The SMILES string of the molecule is CCNCC1CCN(Cc2cn(C)nc2C(C)(C)C)CC1.Cl. The molecule has 1 aromatic heterocycles. The molecule has 0 radical (unpaired) electrons. The summed E-state index contributed by atoms with van der Waals surface area (Å²) in [6.07, 6.45) is 4.83. The van der Waals surface area contributed by atoms with Crippen LogP contribution in [0.25, 0.3) is 0 Å². The average Bonchev–Trinajstić information content (AvgIpc) is 2.79. The van der Waals surface area contributed by atoms with Gasteiger partial charge in [-0.25, -0.2) is 0 Å². The third-order valence-electron chi connectivity index (χ3n) is 4.40. The van der Waals surface area contributed by atoms with Crippen molar-refractivity contribution in [1.82, 2.24) is 20.0 Å². The zero-order chi connectivity index (χ0) is 15.5. The van der Waals surface area contributed by atoms with E-state index in [1.807, 2.05) is 11.7 Å². The Morgan fingerprint density at radius 1 is 1.27 bits per heavy atom. The maximum absolute atomic E-state index is 4.68. The lowest BCUT2D eigenvalue weighted by atomic mass is 9.89. The molecule has 1 saturated heterocycles. The standard InChI is InChI=1S/C17H32N4.ClH/c1-6-18-11-14-7-9-21(10-8-14)13-15-12-20(5)19-16(15)17(2,3)4;/h12,14,18H,6-11,13H2,1-5H3;1H. The van der Waals surface area contributed by atoms with Crippen LogP contribution in [-0.4, -0.2) is 40.9 Å². The molecule has 1 N–H and O–H groups in total. The summed E-state index contributed by atoms with van der Waals surface area (Å²) in [7, 11) is 2.03. The van der Waals surface area contributed by atoms with Gasteiger partial charge < -0.3 is 5.32 Å². The number of piperidine rings is 1. The zero-order valence-electron chi connectivity index (χ0n) is 14.9. The van der Waals surface area contributed by atoms with Crippen LogP contribution in [0, 0.1) is 5.92 Å². The summed E-state index contributed by atoms with van der Waals surface area (Å²) in [5.41, 5.74) is 2.77. The van der Waals surface area contributed by atoms with Gasteiger partial charge in [-0.15, -0.1) is 12.4 Å². The first kappa shape index (κ1) is 19.5. The van der Waals surface area contributed by atoms with Crippen molar-refractivity contribution in [3.63, 3.8) is 0 Å². The van der Waals surface area contributed by atoms with Crippen LogP contribution in [0.5, 0.6) is 0 Å². The highest BCUT2D eigenvalue weighted by Gasteiger charge is 2.25. The molecular formula is C17H33ClN4. The molecule has 0 spiro atoms. The summed E-state index contributed by atoms with van der Waals surface area (Å²) in [6.45, 7) is 14.7. The first-order valence-corrected chi connectivity index (χ1v) is 8.36. The Hall–Kier alpha value is -0.580. The van der Waals surface area contributed by atoms with E-state index in [1.54, 1.807) is 0 Å². The van der Waals surface area contributed by atoms with Gasteiger partial charge in [-0.1, -0.05) is 27.7 Å². The lowest BCUT2D eigenvalue weighted by Gasteiger charge is -2.32. The molecule has 0 unspecified atom stereocenters. The van der Waals surface area contributed by atoms with Crippen molar-refractivity contribution >= 4 is 12.4 Å². The molecule has 0 amide bonds. The zero-order valence-corrected chi connectivity index (χ0v) is 15.7. The third-order valence-corrected chi connectivity index (χ3v) is 4.40. The van der Waals surface area contributed by atoms with E-state index < -0.39 is 0 Å². The monoisotopic (exact) mass is 328 g/mol. The fourth-order valence-electron chi connectivity index (χ4n) is 3.22. The van der Waals surface area contributed by atoms with Crippen LogP contribution < -0.4 is 5.32 Å². The van der Waals surface area contributed by atoms with E-state index in [-0.39, 0.29) is 17.8 Å². The van der Waals surface area contributed by atoms with E-state index in [4.69, 9.17) is 0 Å². The van der Waals surface area contributed by atoms with Crippen LogP contribution in [0.3, 0.4) is 0 Å². The summed E-state index contributed by atoms with van der Waals surface area (Å²) >= 11 is 0. The van der Waals surface area contributed by atoms with Crippen molar-refractivity contribution in [2.24, 2.45) is 13.0 Å². The van der Waals surface area contributed by atoms with Gasteiger partial charge in [0.1, 0.15) is 0 Å². The number of hydrogen-bond acceptors (Lipinski definition) is 3. The molecule has 0 atom stereocenters. The minimum atomic E-state index is 0. The fourth-order valence-corrected chi connectivity index (χ4v) is 3.22. The van der Waals surface area contributed by atoms with Crippen molar-refractivity contribution in [2.75, 3.05) is 26.2 Å². The van der Waals surface area contributed by atoms with Crippen LogP contribution in [0.4, 0.5) is 0 Å². The van der Waals surface area contributed by atoms with Crippen LogP contribution in [0.15, 0.2) is 6.20 Å². The molecule has 0 saturated carbocycles. The third kappa shape index (κ3) is 5.25. The molecule has 0 aliphatic carbocycles. The van der Waals surface area contributed by atoms with Gasteiger partial charge in [0.05, 0.1) is 5.69 Å². The number of hydrogen-bond donors (Lipinski definition) is 1. The average molecular weight is 329 g/mol. The van der Waals surface area contributed by atoms with Crippen molar-refractivity contribution in [2.45, 2.75) is 52.5 Å². The molecule has 4 nitrogen and oxygen atoms in total. The lowest BCUT2D eigenvalue weighted by Crippen LogP contribution is -2.37. The van der Waals surface area contributed by atoms with Crippen LogP contribution in [0.2, 0.25) is 0 Å². The first-order valence-electron chi connectivity index (χ1n) is 8.36. The maximum atomic E-state index is 4.68. The number of aromatic nitrogens is 2. The van der Waals surface area contributed by atoms with Gasteiger partial charge in [-0.2, -0.15) is 5.10 Å². The van der Waals surface area contributed by atoms with Crippen LogP contribution in [0.1, 0.15) is 51.8 Å². The van der Waals surface area contributed by atoms with Crippen LogP contribution >= 0.6 is 12.4 Å². The normalized spacial score (nSPS) is 17.5. The topological polar surface area (TPSA) is 33.1 Å². The first-order chi connectivity index (χ1) is 9.90. The molecule has 1 fully saturated rings. The number of nitrogens with one attached hydrogen (secondary N) is 1. The lowest BCUT2D eigenvalue weighted by molar-refractivity contribution is 0.175. The molecule has 1 aliphatic rings. The van der Waals surface area contributed by atoms with Gasteiger partial charge in [0.2, 0.25) is 0 Å². The molecule has 22 heavy (non-hydrogen) atoms. The van der Waals surface area contributed by atoms with Gasteiger partial charge in [0.25, 0.3) is 0 Å². The smallest absolute Gasteiger partial charge is 0.0722 e. The van der Waals surface area contributed by atoms with Gasteiger partial charge >= 0.3 is 0 Å². The maximum Gasteiger partial charge on any atom is 0.0722 e. The quantitative estimate of drug-likeness (QED) is 0.902. The minimum absolute atomic E-state index is 0. The largest absolute Gasteiger partial charge is 0.317 e. The van der Waals surface area contributed by atoms with Gasteiger partial charge in [0.15, 0.2) is 0 Å². The number of aryl methyl sites for hydroxylation is 1. The van der Waals surface area contributed by atoms with E-state index in [0.717, 1.165) is 19.0 Å². The summed E-state index contributed by atoms with van der Waals surface area (Å²) in [5.74, 6) is 0.859. The van der Waals surface area contributed by atoms with Gasteiger partial charge in [-0.05, 0) is 44.9 Å². The Morgan fingerprint density at radius 2 is 1.91 bits per heavy atom. The second-order valence-corrected chi connectivity index (χ2v) is 7.45. The summed E-state index contributed by atoms with van der Waals surface area (Å²) < 4.78 is 1.97. The highest BCUT2D eigenvalue weighted by Crippen LogP contribution is 2.26. The molecule has 1 aliphatic heterocycles. The van der Waals surface area contributed by atoms with E-state index in [9.17, 15) is 0 Å². The predicted octanol–water partition coefficient (Wildman–Crippen LogP) is 2.96. The van der Waals surface area contributed by atoms with Crippen molar-refractivity contribution < 1.29 is 0 Å². The Morgan fingerprint density at radius 3 is 2.45 bits per heavy atom. The Balaban J connectivity index is 0.00000242. The molecule has 1 aromatic rings. The molecule has 5 heteroatoms. The second-order valence-electron chi connectivity index (χ2n) is 7.45. The fraction of sp³-hybridized carbons (Fsp3) is 0.824. The summed E-state index contributed by atoms with van der Waals surface area (Å²) in [4.78, 5) is 2.59. The minimum Gasteiger partial charge on any atom is -0.317 e. The van der Waals surface area contributed by atoms with Gasteiger partial charge in [0, 0.05) is 30.8 Å². The Labute approximate surface area is 142 Å². The van der Waals surface area contributed by atoms with E-state index >= 15 is 0 Å². The number of halogens is 1. The van der Waals surface area contributed by atoms with Gasteiger partial charge in [-0.3, -0.25) is 9.58 Å². The molecular weight excluding hydrogens is 296 g/mol. The highest BCUT2D eigenvalue weighted by atomic mass is 35.5. The Kier molecular flexibility index (Phi) is 7.36. The highest BCUT2D eigenvalue weighted by molar-refractivity contribution is 5.85. The van der Waals surface area contributed by atoms with E-state index in [2.05, 4.69) is 49.2 Å². The number of likely N-dealkylation sites (tertiary alicyclic amines) is 1. The number of nitrogens with zero attached hydrogens (tertiary/aromatic N) is 3. The van der Waals surface area contributed by atoms with Crippen LogP contribution in [-0.2, 0) is 19.0 Å². The molecule has 2 heterocycles. The molecule has 2 rings (SSSR count). The second kappa shape index (κ2) is 8.32. The van der Waals surface area contributed by atoms with E-state index in [1.165, 1.54) is 43.7 Å². The predicted molar refractivity (Wildman–Crippen MR) is 95.7 cm³/mol. The molecule has 0 bridgehead atoms. The van der Waals surface area contributed by atoms with E-state index in [0.29, 0.717) is 0 Å².